The Hall–Kier alpha value is -1.72. The maximum atomic E-state index is 12.8. The number of hydrogen-bond donors (Lipinski definition) is 0. The van der Waals surface area contributed by atoms with Gasteiger partial charge in [0.05, 0.1) is 5.92 Å². The fourth-order valence-electron chi connectivity index (χ4n) is 2.51. The molecule has 1 fully saturated rings. The molecule has 1 heterocycles. The number of likely N-dealkylation sites (tertiary alicyclic amines) is 1. The minimum absolute atomic E-state index is 0.104. The van der Waals surface area contributed by atoms with Crippen LogP contribution in [0.25, 0.3) is 0 Å². The second-order valence-electron chi connectivity index (χ2n) is 5.57. The highest BCUT2D eigenvalue weighted by atomic mass is 19.4. The Bertz CT molecular complexity index is 497. The van der Waals surface area contributed by atoms with Crippen molar-refractivity contribution >= 4 is 11.6 Å². The number of alkyl halides is 3. The molecule has 0 spiro atoms. The van der Waals surface area contributed by atoms with Crippen LogP contribution in [0.15, 0.2) is 24.3 Å². The van der Waals surface area contributed by atoms with Gasteiger partial charge in [-0.2, -0.15) is 13.2 Å². The van der Waals surface area contributed by atoms with E-state index in [-0.39, 0.29) is 18.9 Å². The van der Waals surface area contributed by atoms with Crippen molar-refractivity contribution in [3.63, 3.8) is 0 Å². The first kappa shape index (κ1) is 15.7. The normalized spacial score (nSPS) is 19.5. The fourth-order valence-corrected chi connectivity index (χ4v) is 2.51. The van der Waals surface area contributed by atoms with E-state index in [0.29, 0.717) is 18.5 Å². The van der Waals surface area contributed by atoms with Crippen molar-refractivity contribution in [3.8, 4) is 0 Å². The first-order chi connectivity index (χ1) is 9.79. The van der Waals surface area contributed by atoms with Gasteiger partial charge in [-0.15, -0.1) is 0 Å². The van der Waals surface area contributed by atoms with Crippen LogP contribution in [-0.2, 0) is 0 Å². The summed E-state index contributed by atoms with van der Waals surface area (Å²) in [6.45, 7) is 0.151. The van der Waals surface area contributed by atoms with Crippen LogP contribution in [0.2, 0.25) is 0 Å². The van der Waals surface area contributed by atoms with Crippen molar-refractivity contribution in [2.45, 2.75) is 19.0 Å². The molecule has 116 valence electrons. The van der Waals surface area contributed by atoms with E-state index < -0.39 is 12.1 Å². The van der Waals surface area contributed by atoms with E-state index >= 15 is 0 Å². The van der Waals surface area contributed by atoms with Crippen LogP contribution in [0.3, 0.4) is 0 Å². The van der Waals surface area contributed by atoms with Gasteiger partial charge in [-0.05, 0) is 37.1 Å². The number of hydrogen-bond acceptors (Lipinski definition) is 2. The number of piperidine rings is 1. The average molecular weight is 300 g/mol. The number of halogens is 3. The summed E-state index contributed by atoms with van der Waals surface area (Å²) in [5, 5.41) is 0. The number of benzene rings is 1. The minimum atomic E-state index is -4.23. The van der Waals surface area contributed by atoms with E-state index in [1.54, 1.807) is 24.3 Å². The monoisotopic (exact) mass is 300 g/mol. The molecule has 1 amide bonds. The first-order valence-electron chi connectivity index (χ1n) is 6.92. The van der Waals surface area contributed by atoms with Crippen molar-refractivity contribution in [2.24, 2.45) is 5.92 Å². The fraction of sp³-hybridized carbons (Fsp3) is 0.533. The number of carbonyl (C=O) groups excluding carboxylic acids is 1. The molecule has 0 bridgehead atoms. The molecule has 0 radical (unpaired) electrons. The topological polar surface area (TPSA) is 23.6 Å². The molecule has 21 heavy (non-hydrogen) atoms. The SMILES string of the molecule is CN(C)c1ccc(C(=O)N2CCCC(C(F)(F)F)C2)cc1. The molecule has 1 unspecified atom stereocenters. The Morgan fingerprint density at radius 1 is 1.24 bits per heavy atom. The van der Waals surface area contributed by atoms with Crippen molar-refractivity contribution in [3.05, 3.63) is 29.8 Å². The third-order valence-electron chi connectivity index (χ3n) is 3.80. The molecule has 1 aliphatic rings. The first-order valence-corrected chi connectivity index (χ1v) is 6.92. The lowest BCUT2D eigenvalue weighted by atomic mass is 9.97. The van der Waals surface area contributed by atoms with Crippen LogP contribution in [0.1, 0.15) is 23.2 Å². The zero-order valence-electron chi connectivity index (χ0n) is 12.2. The van der Waals surface area contributed by atoms with Crippen LogP contribution in [0, 0.1) is 5.92 Å². The lowest BCUT2D eigenvalue weighted by Gasteiger charge is -2.33. The Labute approximate surface area is 122 Å². The molecule has 3 nitrogen and oxygen atoms in total. The summed E-state index contributed by atoms with van der Waals surface area (Å²) < 4.78 is 38.3. The van der Waals surface area contributed by atoms with E-state index in [1.165, 1.54) is 4.90 Å². The molecule has 0 aromatic heterocycles. The number of rotatable bonds is 2. The molecule has 1 aliphatic heterocycles. The summed E-state index contributed by atoms with van der Waals surface area (Å²) in [7, 11) is 3.77. The van der Waals surface area contributed by atoms with Crippen molar-refractivity contribution in [1.29, 1.82) is 0 Å². The second kappa shape index (κ2) is 5.95. The average Bonchev–Trinajstić information content (AvgIpc) is 2.46. The predicted octanol–water partition coefficient (Wildman–Crippen LogP) is 3.17. The molecule has 0 aliphatic carbocycles. The zero-order chi connectivity index (χ0) is 15.6. The van der Waals surface area contributed by atoms with Crippen LogP contribution in [-0.4, -0.2) is 44.2 Å². The molecule has 2 rings (SSSR count). The van der Waals surface area contributed by atoms with Gasteiger partial charge in [0, 0.05) is 38.4 Å². The van der Waals surface area contributed by atoms with Gasteiger partial charge >= 0.3 is 6.18 Å². The van der Waals surface area contributed by atoms with E-state index in [4.69, 9.17) is 0 Å². The summed E-state index contributed by atoms with van der Waals surface area (Å²) in [5.41, 5.74) is 1.38. The summed E-state index contributed by atoms with van der Waals surface area (Å²) in [6.07, 6.45) is -3.73. The Balaban J connectivity index is 2.09. The van der Waals surface area contributed by atoms with Crippen LogP contribution < -0.4 is 4.90 Å². The van der Waals surface area contributed by atoms with E-state index in [2.05, 4.69) is 0 Å². The largest absolute Gasteiger partial charge is 0.393 e. The number of carbonyl (C=O) groups is 1. The van der Waals surface area contributed by atoms with E-state index in [1.807, 2.05) is 19.0 Å². The number of anilines is 1. The Morgan fingerprint density at radius 3 is 2.38 bits per heavy atom. The van der Waals surface area contributed by atoms with Gasteiger partial charge < -0.3 is 9.80 Å². The molecular formula is C15H19F3N2O. The van der Waals surface area contributed by atoms with Crippen molar-refractivity contribution in [2.75, 3.05) is 32.1 Å². The zero-order valence-corrected chi connectivity index (χ0v) is 12.2. The quantitative estimate of drug-likeness (QED) is 0.837. The maximum absolute atomic E-state index is 12.8. The predicted molar refractivity (Wildman–Crippen MR) is 75.5 cm³/mol. The van der Waals surface area contributed by atoms with Gasteiger partial charge in [0.2, 0.25) is 0 Å². The maximum Gasteiger partial charge on any atom is 0.393 e. The highest BCUT2D eigenvalue weighted by Crippen LogP contribution is 2.33. The molecule has 6 heteroatoms. The lowest BCUT2D eigenvalue weighted by molar-refractivity contribution is -0.184. The van der Waals surface area contributed by atoms with E-state index in [0.717, 1.165) is 5.69 Å². The summed E-state index contributed by atoms with van der Waals surface area (Å²) in [4.78, 5) is 15.5. The van der Waals surface area contributed by atoms with Gasteiger partial charge in [0.15, 0.2) is 0 Å². The molecule has 1 atom stereocenters. The van der Waals surface area contributed by atoms with Crippen LogP contribution in [0.5, 0.6) is 0 Å². The molecule has 1 saturated heterocycles. The highest BCUT2D eigenvalue weighted by Gasteiger charge is 2.42. The van der Waals surface area contributed by atoms with Gasteiger partial charge in [-0.3, -0.25) is 4.79 Å². The number of amides is 1. The standard InChI is InChI=1S/C15H19F3N2O/c1-19(2)13-7-5-11(6-8-13)14(21)20-9-3-4-12(10-20)15(16,17)18/h5-8,12H,3-4,9-10H2,1-2H3. The molecule has 0 N–H and O–H groups in total. The minimum Gasteiger partial charge on any atom is -0.378 e. The summed E-state index contributed by atoms with van der Waals surface area (Å²) in [5.74, 6) is -1.73. The lowest BCUT2D eigenvalue weighted by Crippen LogP contribution is -2.44. The van der Waals surface area contributed by atoms with Crippen molar-refractivity contribution in [1.82, 2.24) is 4.90 Å². The van der Waals surface area contributed by atoms with Crippen LogP contribution in [0.4, 0.5) is 18.9 Å². The molecule has 1 aromatic rings. The van der Waals surface area contributed by atoms with Gasteiger partial charge in [0.1, 0.15) is 0 Å². The third-order valence-corrected chi connectivity index (χ3v) is 3.80. The van der Waals surface area contributed by atoms with Gasteiger partial charge in [-0.1, -0.05) is 0 Å². The number of nitrogens with zero attached hydrogens (tertiary/aromatic N) is 2. The second-order valence-corrected chi connectivity index (χ2v) is 5.57. The summed E-state index contributed by atoms with van der Waals surface area (Å²) >= 11 is 0. The van der Waals surface area contributed by atoms with Gasteiger partial charge in [-0.25, -0.2) is 0 Å². The Kier molecular flexibility index (Phi) is 4.44. The third kappa shape index (κ3) is 3.68. The molecular weight excluding hydrogens is 281 g/mol. The molecule has 1 aromatic carbocycles. The van der Waals surface area contributed by atoms with Crippen molar-refractivity contribution < 1.29 is 18.0 Å². The highest BCUT2D eigenvalue weighted by molar-refractivity contribution is 5.94. The van der Waals surface area contributed by atoms with Crippen LogP contribution >= 0.6 is 0 Å². The smallest absolute Gasteiger partial charge is 0.378 e. The van der Waals surface area contributed by atoms with Gasteiger partial charge in [0.25, 0.3) is 5.91 Å². The van der Waals surface area contributed by atoms with E-state index in [9.17, 15) is 18.0 Å². The Morgan fingerprint density at radius 2 is 1.86 bits per heavy atom. The summed E-state index contributed by atoms with van der Waals surface area (Å²) in [6, 6.07) is 6.90. The molecule has 0 saturated carbocycles.